The highest BCUT2D eigenvalue weighted by Gasteiger charge is 2.11. The van der Waals surface area contributed by atoms with E-state index >= 15 is 0 Å². The Morgan fingerprint density at radius 1 is 1.20 bits per heavy atom. The van der Waals surface area contributed by atoms with E-state index in [2.05, 4.69) is 14.5 Å². The van der Waals surface area contributed by atoms with E-state index in [1.54, 1.807) is 6.92 Å². The standard InChI is InChI=1S/C18H27N4O2S/c1-15-7-9-18(10-8-15)16(2)19-20-25(23,24)14-6-5-11-22-13-12-21(4)17(22)3/h7-10,12-13,20H,5-6,11,14H2,1-4H3/q+1/b19-16-. The third-order valence-electron chi connectivity index (χ3n) is 4.28. The predicted octanol–water partition coefficient (Wildman–Crippen LogP) is 2.05. The Balaban J connectivity index is 1.82. The lowest BCUT2D eigenvalue weighted by Crippen LogP contribution is -2.29. The number of unbranched alkanes of at least 4 members (excludes halogenated alkanes) is 1. The molecule has 0 bridgehead atoms. The molecule has 25 heavy (non-hydrogen) atoms. The molecule has 0 amide bonds. The van der Waals surface area contributed by atoms with Gasteiger partial charge in [-0.15, -0.1) is 0 Å². The molecule has 0 aliphatic heterocycles. The molecule has 136 valence electrons. The maximum Gasteiger partial charge on any atom is 0.253 e. The Morgan fingerprint density at radius 2 is 1.88 bits per heavy atom. The van der Waals surface area contributed by atoms with Gasteiger partial charge in [0.05, 0.1) is 25.1 Å². The molecule has 7 heteroatoms. The van der Waals surface area contributed by atoms with Crippen molar-refractivity contribution in [2.24, 2.45) is 12.1 Å². The van der Waals surface area contributed by atoms with Crippen molar-refractivity contribution in [1.29, 1.82) is 0 Å². The molecule has 1 aromatic heterocycles. The summed E-state index contributed by atoms with van der Waals surface area (Å²) in [5.41, 5.74) is 2.71. The Hall–Kier alpha value is -2.15. The van der Waals surface area contributed by atoms with Crippen LogP contribution in [0.3, 0.4) is 0 Å². The Labute approximate surface area is 150 Å². The minimum Gasteiger partial charge on any atom is -0.237 e. The van der Waals surface area contributed by atoms with Gasteiger partial charge in [0.25, 0.3) is 5.82 Å². The molecule has 0 saturated heterocycles. The number of imidazole rings is 1. The number of aryl methyl sites for hydroxylation is 3. The van der Waals surface area contributed by atoms with Crippen LogP contribution in [0, 0.1) is 13.8 Å². The maximum absolute atomic E-state index is 12.1. The molecule has 6 nitrogen and oxygen atoms in total. The van der Waals surface area contributed by atoms with Crippen LogP contribution in [0.2, 0.25) is 0 Å². The fraction of sp³-hybridized carbons (Fsp3) is 0.444. The van der Waals surface area contributed by atoms with Crippen LogP contribution in [0.25, 0.3) is 0 Å². The van der Waals surface area contributed by atoms with Crippen molar-refractivity contribution in [2.45, 2.75) is 40.2 Å². The second kappa shape index (κ2) is 8.29. The summed E-state index contributed by atoms with van der Waals surface area (Å²) in [7, 11) is -1.41. The van der Waals surface area contributed by atoms with Crippen molar-refractivity contribution >= 4 is 15.7 Å². The first-order chi connectivity index (χ1) is 11.8. The molecule has 1 aromatic carbocycles. The van der Waals surface area contributed by atoms with Crippen LogP contribution in [0.1, 0.15) is 36.7 Å². The molecule has 2 rings (SSSR count). The monoisotopic (exact) mass is 363 g/mol. The lowest BCUT2D eigenvalue weighted by molar-refractivity contribution is -0.677. The van der Waals surface area contributed by atoms with Crippen LogP contribution < -0.4 is 9.40 Å². The molecule has 1 N–H and O–H groups in total. The van der Waals surface area contributed by atoms with E-state index in [-0.39, 0.29) is 5.75 Å². The van der Waals surface area contributed by atoms with Crippen molar-refractivity contribution < 1.29 is 13.0 Å². The molecule has 2 aromatic rings. The normalized spacial score (nSPS) is 12.4. The first-order valence-corrected chi connectivity index (χ1v) is 10.1. The number of benzene rings is 1. The second-order valence-corrected chi connectivity index (χ2v) is 8.15. The lowest BCUT2D eigenvalue weighted by Gasteiger charge is -2.06. The molecule has 0 aliphatic carbocycles. The van der Waals surface area contributed by atoms with Gasteiger partial charge in [0.1, 0.15) is 12.4 Å². The van der Waals surface area contributed by atoms with E-state index in [0.717, 1.165) is 29.9 Å². The van der Waals surface area contributed by atoms with E-state index in [9.17, 15) is 8.42 Å². The van der Waals surface area contributed by atoms with E-state index < -0.39 is 10.0 Å². The molecule has 0 aliphatic rings. The van der Waals surface area contributed by atoms with Gasteiger partial charge in [0, 0.05) is 6.92 Å². The van der Waals surface area contributed by atoms with Gasteiger partial charge in [-0.25, -0.2) is 22.4 Å². The number of hydrazone groups is 1. The third-order valence-corrected chi connectivity index (χ3v) is 5.48. The number of rotatable bonds is 8. The molecule has 0 unspecified atom stereocenters. The summed E-state index contributed by atoms with van der Waals surface area (Å²) in [4.78, 5) is 2.34. The van der Waals surface area contributed by atoms with Crippen LogP contribution >= 0.6 is 0 Å². The lowest BCUT2D eigenvalue weighted by atomic mass is 10.1. The summed E-state index contributed by atoms with van der Waals surface area (Å²) in [5.74, 6) is 1.23. The smallest absolute Gasteiger partial charge is 0.237 e. The maximum atomic E-state index is 12.1. The third kappa shape index (κ3) is 5.70. The fourth-order valence-corrected chi connectivity index (χ4v) is 3.40. The highest BCUT2D eigenvalue weighted by molar-refractivity contribution is 7.89. The Morgan fingerprint density at radius 3 is 2.48 bits per heavy atom. The first-order valence-electron chi connectivity index (χ1n) is 8.41. The van der Waals surface area contributed by atoms with Crippen LogP contribution in [0.15, 0.2) is 41.8 Å². The molecule has 0 spiro atoms. The summed E-state index contributed by atoms with van der Waals surface area (Å²) < 4.78 is 28.3. The second-order valence-electron chi connectivity index (χ2n) is 6.33. The number of nitrogens with one attached hydrogen (secondary N) is 1. The van der Waals surface area contributed by atoms with E-state index in [1.165, 1.54) is 0 Å². The zero-order chi connectivity index (χ0) is 18.4. The molecule has 0 radical (unpaired) electrons. The first kappa shape index (κ1) is 19.2. The summed E-state index contributed by atoms with van der Waals surface area (Å²) in [5, 5.41) is 4.02. The Kier molecular flexibility index (Phi) is 6.36. The van der Waals surface area contributed by atoms with Gasteiger partial charge in [-0.3, -0.25) is 0 Å². The fourth-order valence-electron chi connectivity index (χ4n) is 2.45. The van der Waals surface area contributed by atoms with Crippen molar-refractivity contribution in [3.63, 3.8) is 0 Å². The van der Waals surface area contributed by atoms with Gasteiger partial charge >= 0.3 is 0 Å². The average Bonchev–Trinajstić information content (AvgIpc) is 2.89. The molecule has 0 atom stereocenters. The number of nitrogens with zero attached hydrogens (tertiary/aromatic N) is 3. The number of sulfonamides is 1. The number of hydrogen-bond donors (Lipinski definition) is 1. The van der Waals surface area contributed by atoms with Gasteiger partial charge in [-0.2, -0.15) is 5.10 Å². The molecule has 1 heterocycles. The zero-order valence-corrected chi connectivity index (χ0v) is 16.2. The van der Waals surface area contributed by atoms with Gasteiger partial charge in [0.15, 0.2) is 0 Å². The summed E-state index contributed by atoms with van der Waals surface area (Å²) in [6, 6.07) is 7.82. The molecular weight excluding hydrogens is 336 g/mol. The molecule has 0 fully saturated rings. The summed E-state index contributed by atoms with van der Waals surface area (Å²) >= 11 is 0. The van der Waals surface area contributed by atoms with Crippen molar-refractivity contribution in [2.75, 3.05) is 5.75 Å². The topological polar surface area (TPSA) is 67.3 Å². The highest BCUT2D eigenvalue weighted by atomic mass is 32.2. The summed E-state index contributed by atoms with van der Waals surface area (Å²) in [6.45, 7) is 6.66. The molecular formula is C18H27N4O2S+. The van der Waals surface area contributed by atoms with Gasteiger partial charge < -0.3 is 0 Å². The molecule has 0 saturated carbocycles. The van der Waals surface area contributed by atoms with Gasteiger partial charge in [-0.1, -0.05) is 29.8 Å². The van der Waals surface area contributed by atoms with Crippen molar-refractivity contribution in [3.8, 4) is 0 Å². The van der Waals surface area contributed by atoms with Gasteiger partial charge in [-0.05, 0) is 32.3 Å². The minimum absolute atomic E-state index is 0.0735. The van der Waals surface area contributed by atoms with Crippen LogP contribution in [-0.4, -0.2) is 24.4 Å². The van der Waals surface area contributed by atoms with E-state index in [0.29, 0.717) is 12.1 Å². The number of aromatic nitrogens is 2. The van der Waals surface area contributed by atoms with Gasteiger partial charge in [0.2, 0.25) is 10.0 Å². The summed E-state index contributed by atoms with van der Waals surface area (Å²) in [6.07, 6.45) is 5.40. The SMILES string of the molecule is C/C(=N/NS(=O)(=O)CCCCn1cc[n+](C)c1C)c1ccc(C)cc1. The van der Waals surface area contributed by atoms with Crippen LogP contribution in [0.5, 0.6) is 0 Å². The number of hydrogen-bond acceptors (Lipinski definition) is 3. The van der Waals surface area contributed by atoms with Crippen LogP contribution in [-0.2, 0) is 23.6 Å². The largest absolute Gasteiger partial charge is 0.253 e. The van der Waals surface area contributed by atoms with E-state index in [4.69, 9.17) is 0 Å². The minimum atomic E-state index is -3.40. The quantitative estimate of drug-likeness (QED) is 0.338. The van der Waals surface area contributed by atoms with Crippen molar-refractivity contribution in [1.82, 2.24) is 9.40 Å². The average molecular weight is 364 g/mol. The predicted molar refractivity (Wildman–Crippen MR) is 99.9 cm³/mol. The van der Waals surface area contributed by atoms with Crippen molar-refractivity contribution in [3.05, 3.63) is 53.6 Å². The zero-order valence-electron chi connectivity index (χ0n) is 15.4. The Bertz CT molecular complexity index is 836. The van der Waals surface area contributed by atoms with Crippen LogP contribution in [0.4, 0.5) is 0 Å². The van der Waals surface area contributed by atoms with E-state index in [1.807, 2.05) is 62.1 Å². The highest BCUT2D eigenvalue weighted by Crippen LogP contribution is 2.05.